The standard InChI is InChI=1S/C16H20ClNO3/c1-3-16(15(20)21)7-9-18(10-8-16)14(19)12-5-4-6-13(17)11(12)2/h4-6H,3,7-10H2,1-2H3,(H,20,21). The minimum Gasteiger partial charge on any atom is -0.481 e. The van der Waals surface area contributed by atoms with E-state index in [2.05, 4.69) is 0 Å². The average molecular weight is 310 g/mol. The number of halogens is 1. The summed E-state index contributed by atoms with van der Waals surface area (Å²) in [6.45, 7) is 4.68. The molecule has 0 saturated carbocycles. The Bertz CT molecular complexity index is 563. The molecule has 1 aliphatic heterocycles. The van der Waals surface area contributed by atoms with Crippen molar-refractivity contribution in [1.82, 2.24) is 4.90 Å². The van der Waals surface area contributed by atoms with Gasteiger partial charge in [0, 0.05) is 23.7 Å². The lowest BCUT2D eigenvalue weighted by molar-refractivity contribution is -0.152. The van der Waals surface area contributed by atoms with Gasteiger partial charge in [-0.3, -0.25) is 9.59 Å². The summed E-state index contributed by atoms with van der Waals surface area (Å²) in [6.07, 6.45) is 1.61. The van der Waals surface area contributed by atoms with Crippen LogP contribution in [-0.4, -0.2) is 35.0 Å². The lowest BCUT2D eigenvalue weighted by atomic mass is 9.76. The molecular formula is C16H20ClNO3. The molecule has 1 aromatic carbocycles. The summed E-state index contributed by atoms with van der Waals surface area (Å²) in [6, 6.07) is 5.29. The van der Waals surface area contributed by atoms with Gasteiger partial charge in [0.1, 0.15) is 0 Å². The Labute approximate surface area is 129 Å². The molecule has 0 spiro atoms. The van der Waals surface area contributed by atoms with Crippen molar-refractivity contribution in [3.8, 4) is 0 Å². The van der Waals surface area contributed by atoms with Crippen molar-refractivity contribution >= 4 is 23.5 Å². The van der Waals surface area contributed by atoms with Crippen LogP contribution in [0.4, 0.5) is 0 Å². The topological polar surface area (TPSA) is 57.6 Å². The van der Waals surface area contributed by atoms with Crippen LogP contribution >= 0.6 is 11.6 Å². The Morgan fingerprint density at radius 2 is 1.95 bits per heavy atom. The highest BCUT2D eigenvalue weighted by Gasteiger charge is 2.41. The molecule has 0 unspecified atom stereocenters. The van der Waals surface area contributed by atoms with E-state index < -0.39 is 11.4 Å². The average Bonchev–Trinajstić information content (AvgIpc) is 2.49. The Hall–Kier alpha value is -1.55. The third kappa shape index (κ3) is 2.91. The zero-order chi connectivity index (χ0) is 15.6. The number of aliphatic carboxylic acids is 1. The first-order chi connectivity index (χ1) is 9.91. The molecule has 21 heavy (non-hydrogen) atoms. The number of likely N-dealkylation sites (tertiary alicyclic amines) is 1. The number of nitrogens with zero attached hydrogens (tertiary/aromatic N) is 1. The van der Waals surface area contributed by atoms with Gasteiger partial charge >= 0.3 is 5.97 Å². The van der Waals surface area contributed by atoms with Gasteiger partial charge < -0.3 is 10.0 Å². The number of rotatable bonds is 3. The van der Waals surface area contributed by atoms with Crippen LogP contribution in [0.1, 0.15) is 42.1 Å². The maximum atomic E-state index is 12.6. The van der Waals surface area contributed by atoms with E-state index in [9.17, 15) is 14.7 Å². The normalized spacial score (nSPS) is 17.6. The van der Waals surface area contributed by atoms with Gasteiger partial charge in [0.15, 0.2) is 0 Å². The number of carbonyl (C=O) groups is 2. The van der Waals surface area contributed by atoms with Crippen LogP contribution in [0.5, 0.6) is 0 Å². The molecule has 1 saturated heterocycles. The SMILES string of the molecule is CCC1(C(=O)O)CCN(C(=O)c2cccc(Cl)c2C)CC1. The van der Waals surface area contributed by atoms with Crippen LogP contribution in [0.3, 0.4) is 0 Å². The number of carbonyl (C=O) groups excluding carboxylic acids is 1. The molecule has 114 valence electrons. The van der Waals surface area contributed by atoms with E-state index >= 15 is 0 Å². The molecular weight excluding hydrogens is 290 g/mol. The van der Waals surface area contributed by atoms with Gasteiger partial charge in [0.05, 0.1) is 5.41 Å². The van der Waals surface area contributed by atoms with Crippen molar-refractivity contribution < 1.29 is 14.7 Å². The van der Waals surface area contributed by atoms with Crippen molar-refractivity contribution in [2.75, 3.05) is 13.1 Å². The summed E-state index contributed by atoms with van der Waals surface area (Å²) in [4.78, 5) is 25.7. The van der Waals surface area contributed by atoms with E-state index in [0.717, 1.165) is 5.56 Å². The Morgan fingerprint density at radius 3 is 2.48 bits per heavy atom. The Kier molecular flexibility index (Phi) is 4.57. The largest absolute Gasteiger partial charge is 0.481 e. The van der Waals surface area contributed by atoms with Gasteiger partial charge in [0.2, 0.25) is 0 Å². The summed E-state index contributed by atoms with van der Waals surface area (Å²) >= 11 is 6.06. The summed E-state index contributed by atoms with van der Waals surface area (Å²) in [5.74, 6) is -0.818. The van der Waals surface area contributed by atoms with Crippen LogP contribution in [-0.2, 0) is 4.79 Å². The van der Waals surface area contributed by atoms with Crippen molar-refractivity contribution in [1.29, 1.82) is 0 Å². The lowest BCUT2D eigenvalue weighted by Gasteiger charge is -2.38. The molecule has 0 radical (unpaired) electrons. The third-order valence-corrected chi connectivity index (χ3v) is 5.05. The molecule has 0 aliphatic carbocycles. The number of carboxylic acids is 1. The summed E-state index contributed by atoms with van der Waals surface area (Å²) < 4.78 is 0. The van der Waals surface area contributed by atoms with E-state index in [1.807, 2.05) is 13.8 Å². The van der Waals surface area contributed by atoms with E-state index in [0.29, 0.717) is 42.9 Å². The molecule has 5 heteroatoms. The van der Waals surface area contributed by atoms with Crippen molar-refractivity contribution in [2.45, 2.75) is 33.1 Å². The molecule has 1 fully saturated rings. The maximum absolute atomic E-state index is 12.6. The Balaban J connectivity index is 2.14. The van der Waals surface area contributed by atoms with Gasteiger partial charge in [-0.1, -0.05) is 24.6 Å². The summed E-state index contributed by atoms with van der Waals surface area (Å²) in [5.41, 5.74) is 0.691. The summed E-state index contributed by atoms with van der Waals surface area (Å²) in [7, 11) is 0. The number of hydrogen-bond donors (Lipinski definition) is 1. The predicted octanol–water partition coefficient (Wildman–Crippen LogP) is 3.37. The second-order valence-corrected chi connectivity index (χ2v) is 6.05. The highest BCUT2D eigenvalue weighted by Crippen LogP contribution is 2.35. The van der Waals surface area contributed by atoms with Gasteiger partial charge in [-0.25, -0.2) is 0 Å². The number of benzene rings is 1. The first-order valence-corrected chi connectivity index (χ1v) is 7.57. The van der Waals surface area contributed by atoms with Crippen LogP contribution < -0.4 is 0 Å². The molecule has 1 aliphatic rings. The fraction of sp³-hybridized carbons (Fsp3) is 0.500. The van der Waals surface area contributed by atoms with Crippen molar-refractivity contribution in [3.05, 3.63) is 34.3 Å². The Morgan fingerprint density at radius 1 is 1.33 bits per heavy atom. The van der Waals surface area contributed by atoms with Gasteiger partial charge in [-0.05, 0) is 43.9 Å². The molecule has 1 amide bonds. The van der Waals surface area contributed by atoms with E-state index in [1.54, 1.807) is 23.1 Å². The highest BCUT2D eigenvalue weighted by atomic mass is 35.5. The van der Waals surface area contributed by atoms with Crippen molar-refractivity contribution in [2.24, 2.45) is 5.41 Å². The van der Waals surface area contributed by atoms with Crippen LogP contribution in [0.25, 0.3) is 0 Å². The van der Waals surface area contributed by atoms with Crippen LogP contribution in [0.15, 0.2) is 18.2 Å². The maximum Gasteiger partial charge on any atom is 0.309 e. The zero-order valence-corrected chi connectivity index (χ0v) is 13.1. The van der Waals surface area contributed by atoms with Gasteiger partial charge in [-0.15, -0.1) is 0 Å². The first-order valence-electron chi connectivity index (χ1n) is 7.19. The summed E-state index contributed by atoms with van der Waals surface area (Å²) in [5, 5.41) is 9.97. The molecule has 0 aromatic heterocycles. The molecule has 1 heterocycles. The monoisotopic (exact) mass is 309 g/mol. The molecule has 0 bridgehead atoms. The van der Waals surface area contributed by atoms with E-state index in [-0.39, 0.29) is 5.91 Å². The third-order valence-electron chi connectivity index (χ3n) is 4.64. The minimum atomic E-state index is -0.754. The number of hydrogen-bond acceptors (Lipinski definition) is 2. The van der Waals surface area contributed by atoms with Crippen LogP contribution in [0.2, 0.25) is 5.02 Å². The molecule has 1 aromatic rings. The second kappa shape index (κ2) is 6.06. The van der Waals surface area contributed by atoms with E-state index in [1.165, 1.54) is 0 Å². The lowest BCUT2D eigenvalue weighted by Crippen LogP contribution is -2.46. The smallest absolute Gasteiger partial charge is 0.309 e. The van der Waals surface area contributed by atoms with Gasteiger partial charge in [0.25, 0.3) is 5.91 Å². The second-order valence-electron chi connectivity index (χ2n) is 5.64. The number of amides is 1. The predicted molar refractivity (Wildman–Crippen MR) is 81.7 cm³/mol. The fourth-order valence-corrected chi connectivity index (χ4v) is 3.04. The van der Waals surface area contributed by atoms with Gasteiger partial charge in [-0.2, -0.15) is 0 Å². The quantitative estimate of drug-likeness (QED) is 0.931. The van der Waals surface area contributed by atoms with Crippen LogP contribution in [0, 0.1) is 12.3 Å². The molecule has 1 N–H and O–H groups in total. The first kappa shape index (κ1) is 15.8. The fourth-order valence-electron chi connectivity index (χ4n) is 2.87. The number of carboxylic acid groups (broad SMARTS) is 1. The minimum absolute atomic E-state index is 0.0647. The zero-order valence-electron chi connectivity index (χ0n) is 12.4. The number of piperidine rings is 1. The van der Waals surface area contributed by atoms with Crippen molar-refractivity contribution in [3.63, 3.8) is 0 Å². The molecule has 0 atom stereocenters. The molecule has 2 rings (SSSR count). The molecule has 4 nitrogen and oxygen atoms in total. The highest BCUT2D eigenvalue weighted by molar-refractivity contribution is 6.31. The van der Waals surface area contributed by atoms with E-state index in [4.69, 9.17) is 11.6 Å².